The normalized spacial score (nSPS) is 26.1. The number of nitrogens with zero attached hydrogens (tertiary/aromatic N) is 2. The molecule has 1 aromatic rings. The van der Waals surface area contributed by atoms with E-state index in [0.29, 0.717) is 23.8 Å². The van der Waals surface area contributed by atoms with Crippen LogP contribution in [0.25, 0.3) is 0 Å². The SMILES string of the molecule is O=C(CCC(=O)N1CCC2(CCCN(CC3CCCCC3)C2)C1)c1ccccc1. The first kappa shape index (κ1) is 20.6. The lowest BCUT2D eigenvalue weighted by atomic mass is 9.78. The fourth-order valence-electron chi connectivity index (χ4n) is 5.83. The highest BCUT2D eigenvalue weighted by Crippen LogP contribution is 2.40. The molecule has 1 aromatic carbocycles. The van der Waals surface area contributed by atoms with Gasteiger partial charge in [0.05, 0.1) is 0 Å². The summed E-state index contributed by atoms with van der Waals surface area (Å²) < 4.78 is 0. The predicted molar refractivity (Wildman–Crippen MR) is 116 cm³/mol. The fraction of sp³-hybridized carbons (Fsp3) is 0.680. The number of hydrogen-bond acceptors (Lipinski definition) is 3. The Morgan fingerprint density at radius 2 is 1.69 bits per heavy atom. The van der Waals surface area contributed by atoms with Gasteiger partial charge in [0.25, 0.3) is 0 Å². The first-order valence-corrected chi connectivity index (χ1v) is 11.7. The highest BCUT2D eigenvalue weighted by Gasteiger charge is 2.42. The second-order valence-corrected chi connectivity index (χ2v) is 9.70. The molecule has 4 rings (SSSR count). The van der Waals surface area contributed by atoms with Gasteiger partial charge in [-0.05, 0) is 44.6 Å². The summed E-state index contributed by atoms with van der Waals surface area (Å²) in [5.41, 5.74) is 1.01. The number of rotatable bonds is 6. The zero-order valence-corrected chi connectivity index (χ0v) is 17.8. The lowest BCUT2D eigenvalue weighted by Crippen LogP contribution is -2.47. The molecule has 2 aliphatic heterocycles. The Hall–Kier alpha value is -1.68. The predicted octanol–water partition coefficient (Wildman–Crippen LogP) is 4.54. The van der Waals surface area contributed by atoms with E-state index >= 15 is 0 Å². The van der Waals surface area contributed by atoms with Crippen molar-refractivity contribution in [3.63, 3.8) is 0 Å². The first-order valence-electron chi connectivity index (χ1n) is 11.7. The van der Waals surface area contributed by atoms with Gasteiger partial charge < -0.3 is 9.80 Å². The maximum atomic E-state index is 12.8. The molecule has 0 aromatic heterocycles. The van der Waals surface area contributed by atoms with Crippen LogP contribution in [0.5, 0.6) is 0 Å². The van der Waals surface area contributed by atoms with Crippen LogP contribution in [0.15, 0.2) is 30.3 Å². The smallest absolute Gasteiger partial charge is 0.223 e. The zero-order valence-electron chi connectivity index (χ0n) is 17.8. The van der Waals surface area contributed by atoms with Crippen LogP contribution in [-0.4, -0.2) is 54.2 Å². The van der Waals surface area contributed by atoms with Crippen molar-refractivity contribution >= 4 is 11.7 Å². The van der Waals surface area contributed by atoms with Crippen molar-refractivity contribution in [2.75, 3.05) is 32.7 Å². The minimum Gasteiger partial charge on any atom is -0.342 e. The summed E-state index contributed by atoms with van der Waals surface area (Å²) in [7, 11) is 0. The molecule has 1 aliphatic carbocycles. The van der Waals surface area contributed by atoms with Crippen LogP contribution in [-0.2, 0) is 4.79 Å². The molecule has 2 heterocycles. The Kier molecular flexibility index (Phi) is 6.69. The first-order chi connectivity index (χ1) is 14.1. The number of amides is 1. The second-order valence-electron chi connectivity index (χ2n) is 9.70. The molecule has 29 heavy (non-hydrogen) atoms. The van der Waals surface area contributed by atoms with Crippen LogP contribution < -0.4 is 0 Å². The van der Waals surface area contributed by atoms with Crippen LogP contribution in [0, 0.1) is 11.3 Å². The average Bonchev–Trinajstić information content (AvgIpc) is 3.16. The molecule has 2 saturated heterocycles. The molecule has 0 radical (unpaired) electrons. The Balaban J connectivity index is 1.26. The maximum Gasteiger partial charge on any atom is 0.223 e. The van der Waals surface area contributed by atoms with Crippen LogP contribution in [0.2, 0.25) is 0 Å². The third kappa shape index (κ3) is 5.28. The van der Waals surface area contributed by atoms with Crippen LogP contribution in [0.1, 0.15) is 74.6 Å². The van der Waals surface area contributed by atoms with E-state index in [1.807, 2.05) is 35.2 Å². The quantitative estimate of drug-likeness (QED) is 0.663. The van der Waals surface area contributed by atoms with E-state index in [1.165, 1.54) is 58.0 Å². The number of likely N-dealkylation sites (tertiary alicyclic amines) is 2. The van der Waals surface area contributed by atoms with Gasteiger partial charge in [0.15, 0.2) is 5.78 Å². The molecular weight excluding hydrogens is 360 g/mol. The van der Waals surface area contributed by atoms with Gasteiger partial charge in [-0.2, -0.15) is 0 Å². The molecule has 3 aliphatic rings. The monoisotopic (exact) mass is 396 g/mol. The summed E-state index contributed by atoms with van der Waals surface area (Å²) in [6.45, 7) is 5.43. The molecule has 1 unspecified atom stereocenters. The largest absolute Gasteiger partial charge is 0.342 e. The van der Waals surface area contributed by atoms with E-state index in [-0.39, 0.29) is 11.7 Å². The molecular formula is C25H36N2O2. The molecule has 3 fully saturated rings. The fourth-order valence-corrected chi connectivity index (χ4v) is 5.83. The van der Waals surface area contributed by atoms with Crippen molar-refractivity contribution in [2.24, 2.45) is 11.3 Å². The van der Waals surface area contributed by atoms with Crippen molar-refractivity contribution < 1.29 is 9.59 Å². The van der Waals surface area contributed by atoms with Gasteiger partial charge in [0.2, 0.25) is 5.91 Å². The average molecular weight is 397 g/mol. The molecule has 4 nitrogen and oxygen atoms in total. The Morgan fingerprint density at radius 3 is 2.48 bits per heavy atom. The van der Waals surface area contributed by atoms with Crippen LogP contribution in [0.3, 0.4) is 0 Å². The molecule has 158 valence electrons. The van der Waals surface area contributed by atoms with E-state index in [0.717, 1.165) is 32.0 Å². The summed E-state index contributed by atoms with van der Waals surface area (Å²) in [5.74, 6) is 1.13. The number of benzene rings is 1. The third-order valence-electron chi connectivity index (χ3n) is 7.43. The molecule has 1 saturated carbocycles. The van der Waals surface area contributed by atoms with Gasteiger partial charge in [-0.1, -0.05) is 49.6 Å². The molecule has 0 bridgehead atoms. The van der Waals surface area contributed by atoms with Gasteiger partial charge >= 0.3 is 0 Å². The van der Waals surface area contributed by atoms with E-state index in [9.17, 15) is 9.59 Å². The van der Waals surface area contributed by atoms with Crippen molar-refractivity contribution in [3.8, 4) is 0 Å². The summed E-state index contributed by atoms with van der Waals surface area (Å²) in [6, 6.07) is 9.33. The highest BCUT2D eigenvalue weighted by molar-refractivity contribution is 5.97. The molecule has 1 spiro atoms. The standard InChI is InChI=1S/C25H36N2O2/c28-23(22-10-5-2-6-11-22)12-13-24(29)27-17-15-25(20-27)14-7-16-26(19-25)18-21-8-3-1-4-9-21/h2,5-6,10-11,21H,1,3-4,7-9,12-20H2. The number of carbonyl (C=O) groups excluding carboxylic acids is 2. The molecule has 4 heteroatoms. The Bertz CT molecular complexity index is 698. The van der Waals surface area contributed by atoms with Crippen LogP contribution >= 0.6 is 0 Å². The minimum atomic E-state index is 0.0733. The van der Waals surface area contributed by atoms with Gasteiger partial charge in [-0.3, -0.25) is 9.59 Å². The van der Waals surface area contributed by atoms with Crippen molar-refractivity contribution in [2.45, 2.75) is 64.2 Å². The van der Waals surface area contributed by atoms with E-state index in [2.05, 4.69) is 4.90 Å². The summed E-state index contributed by atoms with van der Waals surface area (Å²) in [5, 5.41) is 0. The summed E-state index contributed by atoms with van der Waals surface area (Å²) in [4.78, 5) is 29.8. The van der Waals surface area contributed by atoms with Crippen LogP contribution in [0.4, 0.5) is 0 Å². The lowest BCUT2D eigenvalue weighted by molar-refractivity contribution is -0.130. The van der Waals surface area contributed by atoms with Gasteiger partial charge in [0, 0.05) is 50.0 Å². The van der Waals surface area contributed by atoms with Gasteiger partial charge in [-0.25, -0.2) is 0 Å². The molecule has 1 amide bonds. The third-order valence-corrected chi connectivity index (χ3v) is 7.43. The number of piperidine rings is 1. The van der Waals surface area contributed by atoms with Gasteiger partial charge in [-0.15, -0.1) is 0 Å². The number of Topliss-reactive ketones (excluding diaryl/α,β-unsaturated/α-hetero) is 1. The van der Waals surface area contributed by atoms with Gasteiger partial charge in [0.1, 0.15) is 0 Å². The van der Waals surface area contributed by atoms with E-state index in [4.69, 9.17) is 0 Å². The van der Waals surface area contributed by atoms with Crippen molar-refractivity contribution in [1.29, 1.82) is 0 Å². The number of carbonyl (C=O) groups is 2. The maximum absolute atomic E-state index is 12.8. The zero-order chi connectivity index (χ0) is 20.1. The van der Waals surface area contributed by atoms with E-state index in [1.54, 1.807) is 0 Å². The summed E-state index contributed by atoms with van der Waals surface area (Å²) >= 11 is 0. The Labute approximate surface area is 175 Å². The highest BCUT2D eigenvalue weighted by atomic mass is 16.2. The van der Waals surface area contributed by atoms with Crippen molar-refractivity contribution in [1.82, 2.24) is 9.80 Å². The molecule has 1 atom stereocenters. The minimum absolute atomic E-state index is 0.0733. The summed E-state index contributed by atoms with van der Waals surface area (Å²) in [6.07, 6.45) is 11.4. The topological polar surface area (TPSA) is 40.6 Å². The van der Waals surface area contributed by atoms with E-state index < -0.39 is 0 Å². The second kappa shape index (κ2) is 9.42. The number of ketones is 1. The lowest BCUT2D eigenvalue weighted by Gasteiger charge is -2.42. The van der Waals surface area contributed by atoms with Crippen molar-refractivity contribution in [3.05, 3.63) is 35.9 Å². The molecule has 0 N–H and O–H groups in total. The Morgan fingerprint density at radius 1 is 0.897 bits per heavy atom. The number of hydrogen-bond donors (Lipinski definition) is 0.